The monoisotopic (exact) mass is 359 g/mol. The molecule has 0 spiro atoms. The van der Waals surface area contributed by atoms with Crippen molar-refractivity contribution in [1.82, 2.24) is 4.90 Å². The summed E-state index contributed by atoms with van der Waals surface area (Å²) in [6, 6.07) is 0.904. The molecule has 1 unspecified atom stereocenters. The highest BCUT2D eigenvalue weighted by Crippen LogP contribution is 2.22. The van der Waals surface area contributed by atoms with E-state index in [0.717, 1.165) is 6.04 Å². The SMILES string of the molecule is CCCCCCCCCCCCN1CCCC1CCCBr. The highest BCUT2D eigenvalue weighted by atomic mass is 79.9. The van der Waals surface area contributed by atoms with E-state index in [2.05, 4.69) is 27.8 Å². The van der Waals surface area contributed by atoms with Crippen LogP contribution in [0.2, 0.25) is 0 Å². The zero-order valence-electron chi connectivity index (χ0n) is 14.4. The molecule has 0 aromatic heterocycles. The molecule has 0 saturated carbocycles. The molecule has 0 N–H and O–H groups in total. The van der Waals surface area contributed by atoms with Crippen molar-refractivity contribution in [1.29, 1.82) is 0 Å². The Morgan fingerprint density at radius 1 is 0.857 bits per heavy atom. The summed E-state index contributed by atoms with van der Waals surface area (Å²) in [7, 11) is 0. The molecule has 0 aromatic carbocycles. The van der Waals surface area contributed by atoms with E-state index in [1.54, 1.807) is 0 Å². The van der Waals surface area contributed by atoms with E-state index in [1.807, 2.05) is 0 Å². The zero-order chi connectivity index (χ0) is 15.2. The van der Waals surface area contributed by atoms with Gasteiger partial charge in [-0.2, -0.15) is 0 Å². The summed E-state index contributed by atoms with van der Waals surface area (Å²) in [5.41, 5.74) is 0. The Morgan fingerprint density at radius 2 is 1.48 bits per heavy atom. The molecule has 1 nitrogen and oxygen atoms in total. The van der Waals surface area contributed by atoms with Crippen molar-refractivity contribution in [3.05, 3.63) is 0 Å². The highest BCUT2D eigenvalue weighted by Gasteiger charge is 2.22. The molecular weight excluding hydrogens is 322 g/mol. The van der Waals surface area contributed by atoms with Crippen LogP contribution in [-0.2, 0) is 0 Å². The van der Waals surface area contributed by atoms with Crippen molar-refractivity contribution in [3.63, 3.8) is 0 Å². The van der Waals surface area contributed by atoms with Crippen LogP contribution in [0.3, 0.4) is 0 Å². The third-order valence-corrected chi connectivity index (χ3v) is 5.53. The summed E-state index contributed by atoms with van der Waals surface area (Å²) in [5, 5.41) is 1.18. The maximum atomic E-state index is 3.57. The summed E-state index contributed by atoms with van der Waals surface area (Å²) in [6.45, 7) is 5.03. The number of unbranched alkanes of at least 4 members (excludes halogenated alkanes) is 9. The molecular formula is C19H38BrN. The van der Waals surface area contributed by atoms with Crippen LogP contribution in [0.5, 0.6) is 0 Å². The quantitative estimate of drug-likeness (QED) is 0.251. The average molecular weight is 360 g/mol. The van der Waals surface area contributed by atoms with Crippen LogP contribution in [0.4, 0.5) is 0 Å². The predicted molar refractivity (Wildman–Crippen MR) is 99.5 cm³/mol. The molecule has 1 saturated heterocycles. The molecule has 1 atom stereocenters. The molecule has 2 heteroatoms. The Morgan fingerprint density at radius 3 is 2.10 bits per heavy atom. The van der Waals surface area contributed by atoms with Crippen molar-refractivity contribution >= 4 is 15.9 Å². The third kappa shape index (κ3) is 9.94. The molecule has 0 bridgehead atoms. The Labute approximate surface area is 142 Å². The largest absolute Gasteiger partial charge is 0.300 e. The minimum Gasteiger partial charge on any atom is -0.300 e. The highest BCUT2D eigenvalue weighted by molar-refractivity contribution is 9.09. The molecule has 1 rings (SSSR count). The first-order chi connectivity index (χ1) is 10.4. The van der Waals surface area contributed by atoms with Crippen LogP contribution in [-0.4, -0.2) is 29.4 Å². The molecule has 21 heavy (non-hydrogen) atoms. The Balaban J connectivity index is 1.87. The van der Waals surface area contributed by atoms with Gasteiger partial charge in [0.1, 0.15) is 0 Å². The van der Waals surface area contributed by atoms with Gasteiger partial charge in [0.15, 0.2) is 0 Å². The minimum absolute atomic E-state index is 0.904. The van der Waals surface area contributed by atoms with Crippen molar-refractivity contribution in [2.45, 2.75) is 103 Å². The van der Waals surface area contributed by atoms with Gasteiger partial charge < -0.3 is 4.90 Å². The van der Waals surface area contributed by atoms with Crippen LogP contribution in [0.25, 0.3) is 0 Å². The van der Waals surface area contributed by atoms with Gasteiger partial charge in [-0.3, -0.25) is 0 Å². The van der Waals surface area contributed by atoms with E-state index in [4.69, 9.17) is 0 Å². The minimum atomic E-state index is 0.904. The lowest BCUT2D eigenvalue weighted by atomic mass is 10.1. The Kier molecular flexibility index (Phi) is 13.0. The molecule has 0 aliphatic carbocycles. The molecule has 1 heterocycles. The number of hydrogen-bond donors (Lipinski definition) is 0. The van der Waals surface area contributed by atoms with E-state index in [9.17, 15) is 0 Å². The lowest BCUT2D eigenvalue weighted by Gasteiger charge is -2.24. The van der Waals surface area contributed by atoms with Gasteiger partial charge in [-0.25, -0.2) is 0 Å². The van der Waals surface area contributed by atoms with Gasteiger partial charge in [-0.05, 0) is 45.2 Å². The van der Waals surface area contributed by atoms with Gasteiger partial charge in [0, 0.05) is 11.4 Å². The van der Waals surface area contributed by atoms with E-state index in [1.165, 1.54) is 108 Å². The fourth-order valence-corrected chi connectivity index (χ4v) is 3.96. The molecule has 1 fully saturated rings. The molecule has 0 aromatic rings. The van der Waals surface area contributed by atoms with E-state index < -0.39 is 0 Å². The first-order valence-corrected chi connectivity index (χ1v) is 10.8. The van der Waals surface area contributed by atoms with Crippen LogP contribution in [0.1, 0.15) is 96.8 Å². The van der Waals surface area contributed by atoms with E-state index >= 15 is 0 Å². The van der Waals surface area contributed by atoms with Gasteiger partial charge in [-0.1, -0.05) is 80.6 Å². The Bertz CT molecular complexity index is 220. The second-order valence-electron chi connectivity index (χ2n) is 6.85. The molecule has 1 aliphatic rings. The van der Waals surface area contributed by atoms with Crippen LogP contribution in [0.15, 0.2) is 0 Å². The number of hydrogen-bond acceptors (Lipinski definition) is 1. The van der Waals surface area contributed by atoms with Gasteiger partial charge in [0.2, 0.25) is 0 Å². The number of nitrogens with zero attached hydrogens (tertiary/aromatic N) is 1. The van der Waals surface area contributed by atoms with Crippen molar-refractivity contribution in [2.24, 2.45) is 0 Å². The fourth-order valence-electron chi connectivity index (χ4n) is 3.63. The number of halogens is 1. The first-order valence-electron chi connectivity index (χ1n) is 9.68. The van der Waals surface area contributed by atoms with Crippen LogP contribution in [0, 0.1) is 0 Å². The third-order valence-electron chi connectivity index (χ3n) is 4.97. The summed E-state index contributed by atoms with van der Waals surface area (Å²) in [5.74, 6) is 0. The van der Waals surface area contributed by atoms with Gasteiger partial charge in [0.05, 0.1) is 0 Å². The second-order valence-corrected chi connectivity index (χ2v) is 7.64. The lowest BCUT2D eigenvalue weighted by molar-refractivity contribution is 0.236. The maximum absolute atomic E-state index is 3.57. The predicted octanol–water partition coefficient (Wildman–Crippen LogP) is 6.55. The first kappa shape index (κ1) is 19.5. The van der Waals surface area contributed by atoms with Crippen molar-refractivity contribution in [3.8, 4) is 0 Å². The van der Waals surface area contributed by atoms with E-state index in [0.29, 0.717) is 0 Å². The number of alkyl halides is 1. The Hall–Kier alpha value is 0.440. The molecule has 0 amide bonds. The normalized spacial score (nSPS) is 19.4. The molecule has 0 radical (unpaired) electrons. The van der Waals surface area contributed by atoms with Gasteiger partial charge in [0.25, 0.3) is 0 Å². The second kappa shape index (κ2) is 14.1. The van der Waals surface area contributed by atoms with Crippen LogP contribution >= 0.6 is 15.9 Å². The zero-order valence-corrected chi connectivity index (χ0v) is 16.0. The van der Waals surface area contributed by atoms with Gasteiger partial charge >= 0.3 is 0 Å². The summed E-state index contributed by atoms with van der Waals surface area (Å²) in [4.78, 5) is 2.77. The summed E-state index contributed by atoms with van der Waals surface area (Å²) < 4.78 is 0. The average Bonchev–Trinajstić information content (AvgIpc) is 2.94. The standard InChI is InChI=1S/C19H38BrN/c1-2-3-4-5-6-7-8-9-10-11-17-21-18-13-15-19(21)14-12-16-20/h19H,2-18H2,1H3. The number of rotatable bonds is 14. The lowest BCUT2D eigenvalue weighted by Crippen LogP contribution is -2.30. The van der Waals surface area contributed by atoms with Crippen molar-refractivity contribution in [2.75, 3.05) is 18.4 Å². The smallest absolute Gasteiger partial charge is 0.00960 e. The number of likely N-dealkylation sites (tertiary alicyclic amines) is 1. The van der Waals surface area contributed by atoms with Crippen LogP contribution < -0.4 is 0 Å². The maximum Gasteiger partial charge on any atom is 0.00960 e. The molecule has 126 valence electrons. The fraction of sp³-hybridized carbons (Fsp3) is 1.00. The topological polar surface area (TPSA) is 3.24 Å². The summed E-state index contributed by atoms with van der Waals surface area (Å²) in [6.07, 6.45) is 20.1. The van der Waals surface area contributed by atoms with Crippen molar-refractivity contribution < 1.29 is 0 Å². The summed E-state index contributed by atoms with van der Waals surface area (Å²) >= 11 is 3.57. The van der Waals surface area contributed by atoms with Gasteiger partial charge in [-0.15, -0.1) is 0 Å². The molecule has 1 aliphatic heterocycles. The van der Waals surface area contributed by atoms with E-state index in [-0.39, 0.29) is 0 Å².